The Morgan fingerprint density at radius 1 is 1.50 bits per heavy atom. The molecule has 0 spiro atoms. The van der Waals surface area contributed by atoms with Gasteiger partial charge in [-0.2, -0.15) is 0 Å². The van der Waals surface area contributed by atoms with Gasteiger partial charge in [-0.25, -0.2) is 0 Å². The van der Waals surface area contributed by atoms with E-state index in [4.69, 9.17) is 5.11 Å². The minimum absolute atomic E-state index is 0.150. The summed E-state index contributed by atoms with van der Waals surface area (Å²) in [5.74, 6) is 0.150. The second-order valence-corrected chi connectivity index (χ2v) is 2.39. The van der Waals surface area contributed by atoms with Crippen LogP contribution in [0.5, 0.6) is 0 Å². The van der Waals surface area contributed by atoms with Crippen molar-refractivity contribution in [2.45, 2.75) is 32.6 Å². The van der Waals surface area contributed by atoms with Gasteiger partial charge in [0.1, 0.15) is 5.76 Å². The van der Waals surface area contributed by atoms with E-state index in [2.05, 4.69) is 13.5 Å². The monoisotopic (exact) mass is 140 g/mol. The number of allylic oxidation sites excluding steroid dienone is 2. The third kappa shape index (κ3) is 7.28. The van der Waals surface area contributed by atoms with Crippen LogP contribution in [0.15, 0.2) is 24.5 Å². The van der Waals surface area contributed by atoms with Crippen LogP contribution >= 0.6 is 0 Å². The third-order valence-corrected chi connectivity index (χ3v) is 1.28. The van der Waals surface area contributed by atoms with E-state index >= 15 is 0 Å². The smallest absolute Gasteiger partial charge is 0.108 e. The van der Waals surface area contributed by atoms with Crippen molar-refractivity contribution >= 4 is 0 Å². The Kier molecular flexibility index (Phi) is 5.94. The number of aliphatic hydroxyl groups is 1. The molecular weight excluding hydrogens is 124 g/mol. The van der Waals surface area contributed by atoms with Gasteiger partial charge in [-0.1, -0.05) is 32.4 Å². The maximum Gasteiger partial charge on any atom is 0.108 e. The molecule has 0 aliphatic heterocycles. The molecule has 0 bridgehead atoms. The van der Waals surface area contributed by atoms with Crippen LogP contribution in [0.4, 0.5) is 0 Å². The highest BCUT2D eigenvalue weighted by molar-refractivity contribution is 5.04. The van der Waals surface area contributed by atoms with Crippen molar-refractivity contribution in [1.29, 1.82) is 0 Å². The quantitative estimate of drug-likeness (QED) is 0.353. The van der Waals surface area contributed by atoms with E-state index in [1.807, 2.05) is 6.08 Å². The van der Waals surface area contributed by atoms with E-state index in [0.29, 0.717) is 0 Å². The zero-order chi connectivity index (χ0) is 7.82. The van der Waals surface area contributed by atoms with Crippen LogP contribution in [0.1, 0.15) is 32.6 Å². The van der Waals surface area contributed by atoms with Crippen molar-refractivity contribution < 1.29 is 5.11 Å². The molecule has 1 heteroatoms. The van der Waals surface area contributed by atoms with E-state index in [9.17, 15) is 0 Å². The normalized spacial score (nSPS) is 10.5. The van der Waals surface area contributed by atoms with Gasteiger partial charge >= 0.3 is 0 Å². The Hall–Kier alpha value is -0.720. The molecule has 0 fully saturated rings. The summed E-state index contributed by atoms with van der Waals surface area (Å²) in [6, 6.07) is 0. The Morgan fingerprint density at radius 2 is 2.20 bits per heavy atom. The zero-order valence-electron chi connectivity index (χ0n) is 6.64. The molecule has 0 aromatic rings. The summed E-state index contributed by atoms with van der Waals surface area (Å²) >= 11 is 0. The Bertz CT molecular complexity index is 114. The van der Waals surface area contributed by atoms with Gasteiger partial charge < -0.3 is 5.11 Å². The fourth-order valence-electron chi connectivity index (χ4n) is 0.732. The molecule has 0 aliphatic rings. The Balaban J connectivity index is 3.10. The average molecular weight is 140 g/mol. The van der Waals surface area contributed by atoms with E-state index in [1.54, 1.807) is 6.08 Å². The lowest BCUT2D eigenvalue weighted by Gasteiger charge is -1.90. The maximum absolute atomic E-state index is 8.63. The molecule has 0 aliphatic carbocycles. The summed E-state index contributed by atoms with van der Waals surface area (Å²) in [5.41, 5.74) is 0. The molecule has 10 heavy (non-hydrogen) atoms. The van der Waals surface area contributed by atoms with Gasteiger partial charge in [0.25, 0.3) is 0 Å². The second-order valence-electron chi connectivity index (χ2n) is 2.39. The van der Waals surface area contributed by atoms with Gasteiger partial charge in [0, 0.05) is 0 Å². The van der Waals surface area contributed by atoms with Gasteiger partial charge in [-0.15, -0.1) is 0 Å². The Morgan fingerprint density at radius 3 is 2.70 bits per heavy atom. The van der Waals surface area contributed by atoms with Crippen LogP contribution in [0.3, 0.4) is 0 Å². The van der Waals surface area contributed by atoms with Gasteiger partial charge in [0.05, 0.1) is 0 Å². The number of unbranched alkanes of at least 4 members (excludes halogenated alkanes) is 3. The number of rotatable bonds is 5. The first-order valence-electron chi connectivity index (χ1n) is 3.81. The molecule has 0 heterocycles. The predicted molar refractivity (Wildman–Crippen MR) is 45.1 cm³/mol. The molecule has 0 saturated carbocycles. The molecule has 58 valence electrons. The molecule has 1 nitrogen and oxygen atoms in total. The van der Waals surface area contributed by atoms with Gasteiger partial charge in [0.2, 0.25) is 0 Å². The fraction of sp³-hybridized carbons (Fsp3) is 0.556. The van der Waals surface area contributed by atoms with E-state index in [-0.39, 0.29) is 5.76 Å². The molecular formula is C9H16O. The minimum atomic E-state index is 0.150. The fourth-order valence-corrected chi connectivity index (χ4v) is 0.732. The van der Waals surface area contributed by atoms with Crippen LogP contribution in [0.2, 0.25) is 0 Å². The lowest BCUT2D eigenvalue weighted by molar-refractivity contribution is 0.435. The number of aliphatic hydroxyl groups excluding tert-OH is 1. The topological polar surface area (TPSA) is 20.2 Å². The Labute approximate surface area is 63.1 Å². The van der Waals surface area contributed by atoms with Crippen molar-refractivity contribution in [1.82, 2.24) is 0 Å². The lowest BCUT2D eigenvalue weighted by atomic mass is 10.2. The molecule has 0 atom stereocenters. The van der Waals surface area contributed by atoms with Gasteiger partial charge in [-0.3, -0.25) is 0 Å². The zero-order valence-corrected chi connectivity index (χ0v) is 6.64. The molecule has 1 N–H and O–H groups in total. The SMILES string of the molecule is C=C(O)/C=C\CCCCC. The van der Waals surface area contributed by atoms with Crippen LogP contribution in [-0.2, 0) is 0 Å². The highest BCUT2D eigenvalue weighted by Gasteiger charge is 1.81. The van der Waals surface area contributed by atoms with Crippen molar-refractivity contribution in [2.24, 2.45) is 0 Å². The second kappa shape index (κ2) is 6.40. The number of hydrogen-bond acceptors (Lipinski definition) is 1. The molecule has 0 amide bonds. The van der Waals surface area contributed by atoms with E-state index in [1.165, 1.54) is 19.3 Å². The first kappa shape index (κ1) is 9.28. The van der Waals surface area contributed by atoms with Crippen LogP contribution in [-0.4, -0.2) is 5.11 Å². The molecule has 0 aromatic carbocycles. The standard InChI is InChI=1S/C9H16O/c1-3-4-5-6-7-8-9(2)10/h7-8,10H,2-6H2,1H3/b8-7-. The highest BCUT2D eigenvalue weighted by atomic mass is 16.3. The summed E-state index contributed by atoms with van der Waals surface area (Å²) < 4.78 is 0. The van der Waals surface area contributed by atoms with Gasteiger partial charge in [-0.05, 0) is 18.9 Å². The predicted octanol–water partition coefficient (Wildman–Crippen LogP) is 3.19. The van der Waals surface area contributed by atoms with Gasteiger partial charge in [0.15, 0.2) is 0 Å². The molecule has 0 aromatic heterocycles. The lowest BCUT2D eigenvalue weighted by Crippen LogP contribution is -1.72. The molecule has 0 saturated heterocycles. The van der Waals surface area contributed by atoms with Crippen LogP contribution in [0.25, 0.3) is 0 Å². The van der Waals surface area contributed by atoms with E-state index < -0.39 is 0 Å². The van der Waals surface area contributed by atoms with Crippen LogP contribution in [0, 0.1) is 0 Å². The molecule has 0 radical (unpaired) electrons. The minimum Gasteiger partial charge on any atom is -0.509 e. The average Bonchev–Trinajstić information content (AvgIpc) is 1.87. The highest BCUT2D eigenvalue weighted by Crippen LogP contribution is 2.00. The first-order valence-corrected chi connectivity index (χ1v) is 3.81. The summed E-state index contributed by atoms with van der Waals surface area (Å²) in [5, 5.41) is 8.63. The van der Waals surface area contributed by atoms with Crippen molar-refractivity contribution in [3.8, 4) is 0 Å². The maximum atomic E-state index is 8.63. The third-order valence-electron chi connectivity index (χ3n) is 1.28. The summed E-state index contributed by atoms with van der Waals surface area (Å²) in [6.07, 6.45) is 8.37. The van der Waals surface area contributed by atoms with E-state index in [0.717, 1.165) is 6.42 Å². The van der Waals surface area contributed by atoms with Crippen molar-refractivity contribution in [2.75, 3.05) is 0 Å². The molecule has 0 unspecified atom stereocenters. The largest absolute Gasteiger partial charge is 0.509 e. The summed E-state index contributed by atoms with van der Waals surface area (Å²) in [4.78, 5) is 0. The summed E-state index contributed by atoms with van der Waals surface area (Å²) in [7, 11) is 0. The molecule has 0 rings (SSSR count). The summed E-state index contributed by atoms with van der Waals surface area (Å²) in [6.45, 7) is 5.52. The van der Waals surface area contributed by atoms with Crippen LogP contribution < -0.4 is 0 Å². The van der Waals surface area contributed by atoms with Crippen molar-refractivity contribution in [3.05, 3.63) is 24.5 Å². The van der Waals surface area contributed by atoms with Crippen molar-refractivity contribution in [3.63, 3.8) is 0 Å². The first-order chi connectivity index (χ1) is 4.77. The number of hydrogen-bond donors (Lipinski definition) is 1.